The molecule has 166 valence electrons. The Kier molecular flexibility index (Phi) is 6.04. The Morgan fingerprint density at radius 3 is 2.38 bits per heavy atom. The van der Waals surface area contributed by atoms with Crippen LogP contribution in [0.5, 0.6) is 0 Å². The molecule has 1 aliphatic heterocycles. The van der Waals surface area contributed by atoms with Crippen molar-refractivity contribution in [3.63, 3.8) is 0 Å². The lowest BCUT2D eigenvalue weighted by atomic mass is 9.84. The van der Waals surface area contributed by atoms with Gasteiger partial charge in [-0.2, -0.15) is 0 Å². The molecular weight excluding hydrogens is 398 g/mol. The predicted octanol–water partition coefficient (Wildman–Crippen LogP) is 4.22. The summed E-state index contributed by atoms with van der Waals surface area (Å²) in [6.45, 7) is 3.69. The number of carbonyl (C=O) groups excluding carboxylic acids is 1. The van der Waals surface area contributed by atoms with Gasteiger partial charge in [-0.1, -0.05) is 43.5 Å². The Morgan fingerprint density at radius 2 is 1.62 bits per heavy atom. The molecule has 1 aromatic heterocycles. The second-order valence-corrected chi connectivity index (χ2v) is 9.07. The SMILES string of the molecule is Nc1nc(CN2CCN(C(=O)c3ccc(C4CCCCC4)cc3)CC2)nc2ccccc12. The zero-order chi connectivity index (χ0) is 21.9. The molecule has 0 atom stereocenters. The summed E-state index contributed by atoms with van der Waals surface area (Å²) < 4.78 is 0. The minimum absolute atomic E-state index is 0.131. The highest BCUT2D eigenvalue weighted by Crippen LogP contribution is 2.32. The first kappa shape index (κ1) is 20.9. The number of carbonyl (C=O) groups is 1. The van der Waals surface area contributed by atoms with Gasteiger partial charge in [0.2, 0.25) is 0 Å². The maximum absolute atomic E-state index is 13.0. The largest absolute Gasteiger partial charge is 0.383 e. The number of nitrogens with two attached hydrogens (primary N) is 1. The average molecular weight is 430 g/mol. The maximum atomic E-state index is 13.0. The molecule has 0 spiro atoms. The van der Waals surface area contributed by atoms with Crippen LogP contribution in [0.1, 0.15) is 59.8 Å². The molecule has 1 amide bonds. The number of hydrogen-bond donors (Lipinski definition) is 1. The predicted molar refractivity (Wildman–Crippen MR) is 127 cm³/mol. The maximum Gasteiger partial charge on any atom is 0.253 e. The molecule has 2 aromatic carbocycles. The molecule has 32 heavy (non-hydrogen) atoms. The Labute approximate surface area is 189 Å². The van der Waals surface area contributed by atoms with E-state index in [1.165, 1.54) is 37.7 Å². The normalized spacial score (nSPS) is 18.2. The molecule has 1 saturated carbocycles. The molecule has 2 N–H and O–H groups in total. The first-order valence-electron chi connectivity index (χ1n) is 11.8. The first-order chi connectivity index (χ1) is 15.7. The van der Waals surface area contributed by atoms with Crippen LogP contribution >= 0.6 is 0 Å². The second kappa shape index (κ2) is 9.25. The molecule has 5 rings (SSSR count). The molecule has 2 aliphatic rings. The summed E-state index contributed by atoms with van der Waals surface area (Å²) in [7, 11) is 0. The van der Waals surface area contributed by atoms with Crippen LogP contribution in [0.3, 0.4) is 0 Å². The summed E-state index contributed by atoms with van der Waals surface area (Å²) >= 11 is 0. The van der Waals surface area contributed by atoms with Gasteiger partial charge in [0, 0.05) is 37.1 Å². The van der Waals surface area contributed by atoms with E-state index in [2.05, 4.69) is 27.0 Å². The van der Waals surface area contributed by atoms with Crippen molar-refractivity contribution < 1.29 is 4.79 Å². The number of fused-ring (bicyclic) bond motifs is 1. The highest BCUT2D eigenvalue weighted by molar-refractivity contribution is 5.94. The number of nitrogen functional groups attached to an aromatic ring is 1. The Bertz CT molecular complexity index is 1080. The number of para-hydroxylation sites is 1. The van der Waals surface area contributed by atoms with Crippen LogP contribution in [-0.2, 0) is 6.54 Å². The third kappa shape index (κ3) is 4.46. The van der Waals surface area contributed by atoms with Gasteiger partial charge in [0.25, 0.3) is 5.91 Å². The monoisotopic (exact) mass is 429 g/mol. The summed E-state index contributed by atoms with van der Waals surface area (Å²) in [5.74, 6) is 2.06. The summed E-state index contributed by atoms with van der Waals surface area (Å²) in [5, 5.41) is 0.890. The van der Waals surface area contributed by atoms with Gasteiger partial charge in [-0.25, -0.2) is 9.97 Å². The van der Waals surface area contributed by atoms with E-state index >= 15 is 0 Å². The molecule has 6 nitrogen and oxygen atoms in total. The van der Waals surface area contributed by atoms with Crippen molar-refractivity contribution >= 4 is 22.6 Å². The van der Waals surface area contributed by atoms with Gasteiger partial charge in [0.15, 0.2) is 0 Å². The number of amides is 1. The lowest BCUT2D eigenvalue weighted by molar-refractivity contribution is 0.0625. The van der Waals surface area contributed by atoms with E-state index in [4.69, 9.17) is 5.73 Å². The number of nitrogens with zero attached hydrogens (tertiary/aromatic N) is 4. The fourth-order valence-corrected chi connectivity index (χ4v) is 5.05. The van der Waals surface area contributed by atoms with Crippen LogP contribution in [0, 0.1) is 0 Å². The van der Waals surface area contributed by atoms with E-state index < -0.39 is 0 Å². The van der Waals surface area contributed by atoms with Crippen molar-refractivity contribution in [2.24, 2.45) is 0 Å². The number of benzene rings is 2. The van der Waals surface area contributed by atoms with Gasteiger partial charge in [0.05, 0.1) is 12.1 Å². The van der Waals surface area contributed by atoms with Crippen molar-refractivity contribution in [1.29, 1.82) is 0 Å². The van der Waals surface area contributed by atoms with Gasteiger partial charge in [-0.05, 0) is 48.6 Å². The summed E-state index contributed by atoms with van der Waals surface area (Å²) in [6.07, 6.45) is 6.57. The Morgan fingerprint density at radius 1 is 0.906 bits per heavy atom. The molecule has 2 fully saturated rings. The van der Waals surface area contributed by atoms with Crippen molar-refractivity contribution in [2.75, 3.05) is 31.9 Å². The average Bonchev–Trinajstić information content (AvgIpc) is 2.85. The number of hydrogen-bond acceptors (Lipinski definition) is 5. The van der Waals surface area contributed by atoms with E-state index in [9.17, 15) is 4.79 Å². The molecular formula is C26H31N5O. The number of anilines is 1. The van der Waals surface area contributed by atoms with Gasteiger partial charge in [-0.15, -0.1) is 0 Å². The second-order valence-electron chi connectivity index (χ2n) is 9.07. The number of piperazine rings is 1. The highest BCUT2D eigenvalue weighted by Gasteiger charge is 2.23. The summed E-state index contributed by atoms with van der Waals surface area (Å²) in [4.78, 5) is 26.4. The van der Waals surface area contributed by atoms with E-state index in [1.54, 1.807) is 0 Å². The van der Waals surface area contributed by atoms with Crippen LogP contribution in [0.2, 0.25) is 0 Å². The smallest absolute Gasteiger partial charge is 0.253 e. The molecule has 2 heterocycles. The van der Waals surface area contributed by atoms with Crippen LogP contribution < -0.4 is 5.73 Å². The third-order valence-electron chi connectivity index (χ3n) is 6.94. The standard InChI is InChI=1S/C26H31N5O/c27-25-22-8-4-5-9-23(22)28-24(29-25)18-30-14-16-31(17-15-30)26(32)21-12-10-20(11-13-21)19-6-2-1-3-7-19/h4-5,8-13,19H,1-3,6-7,14-18H2,(H2,27,28,29). The quantitative estimate of drug-likeness (QED) is 0.672. The van der Waals surface area contributed by atoms with Gasteiger partial charge in [0.1, 0.15) is 11.6 Å². The van der Waals surface area contributed by atoms with E-state index in [0.29, 0.717) is 31.4 Å². The van der Waals surface area contributed by atoms with Crippen molar-refractivity contribution in [3.8, 4) is 0 Å². The van der Waals surface area contributed by atoms with E-state index in [-0.39, 0.29) is 5.91 Å². The summed E-state index contributed by atoms with van der Waals surface area (Å²) in [5.41, 5.74) is 9.18. The topological polar surface area (TPSA) is 75.3 Å². The summed E-state index contributed by atoms with van der Waals surface area (Å²) in [6, 6.07) is 16.2. The van der Waals surface area contributed by atoms with Crippen LogP contribution in [0.15, 0.2) is 48.5 Å². The van der Waals surface area contributed by atoms with Crippen LogP contribution in [0.4, 0.5) is 5.82 Å². The molecule has 0 unspecified atom stereocenters. The fraction of sp³-hybridized carbons (Fsp3) is 0.423. The Hall–Kier alpha value is -2.99. The minimum atomic E-state index is 0.131. The fourth-order valence-electron chi connectivity index (χ4n) is 5.05. The molecule has 1 saturated heterocycles. The molecule has 6 heteroatoms. The number of rotatable bonds is 4. The zero-order valence-electron chi connectivity index (χ0n) is 18.5. The Balaban J connectivity index is 1.18. The van der Waals surface area contributed by atoms with Crippen molar-refractivity contribution in [2.45, 2.75) is 44.6 Å². The lowest BCUT2D eigenvalue weighted by Crippen LogP contribution is -2.48. The van der Waals surface area contributed by atoms with E-state index in [1.807, 2.05) is 41.3 Å². The van der Waals surface area contributed by atoms with Gasteiger partial charge in [-0.3, -0.25) is 9.69 Å². The minimum Gasteiger partial charge on any atom is -0.383 e. The first-order valence-corrected chi connectivity index (χ1v) is 11.8. The molecule has 1 aliphatic carbocycles. The zero-order valence-corrected chi connectivity index (χ0v) is 18.5. The van der Waals surface area contributed by atoms with Crippen LogP contribution in [0.25, 0.3) is 10.9 Å². The van der Waals surface area contributed by atoms with Gasteiger partial charge >= 0.3 is 0 Å². The molecule has 0 bridgehead atoms. The molecule has 3 aromatic rings. The lowest BCUT2D eigenvalue weighted by Gasteiger charge is -2.34. The van der Waals surface area contributed by atoms with Gasteiger partial charge < -0.3 is 10.6 Å². The number of aromatic nitrogens is 2. The molecule has 0 radical (unpaired) electrons. The highest BCUT2D eigenvalue weighted by atomic mass is 16.2. The van der Waals surface area contributed by atoms with Crippen molar-refractivity contribution in [1.82, 2.24) is 19.8 Å². The van der Waals surface area contributed by atoms with Crippen LogP contribution in [-0.4, -0.2) is 51.9 Å². The third-order valence-corrected chi connectivity index (χ3v) is 6.94. The van der Waals surface area contributed by atoms with E-state index in [0.717, 1.165) is 35.4 Å². The van der Waals surface area contributed by atoms with Crippen molar-refractivity contribution in [3.05, 3.63) is 65.5 Å².